The molecule has 0 bridgehead atoms. The van der Waals surface area contributed by atoms with E-state index in [2.05, 4.69) is 5.10 Å². The van der Waals surface area contributed by atoms with Gasteiger partial charge in [0, 0.05) is 18.5 Å². The topological polar surface area (TPSA) is 56.6 Å². The lowest BCUT2D eigenvalue weighted by molar-refractivity contribution is -0.133. The number of carbonyl (C=O) groups excluding carboxylic acids is 1. The van der Waals surface area contributed by atoms with Crippen LogP contribution < -0.4 is 9.47 Å². The molecule has 2 heterocycles. The van der Waals surface area contributed by atoms with Crippen molar-refractivity contribution in [1.82, 2.24) is 14.7 Å². The number of amides is 1. The molecular formula is C21H28ClN3O3. The summed E-state index contributed by atoms with van der Waals surface area (Å²) in [7, 11) is 3.30. The van der Waals surface area contributed by atoms with Gasteiger partial charge in [-0.25, -0.2) is 0 Å². The maximum atomic E-state index is 13.1. The fraction of sp³-hybridized carbons (Fsp3) is 0.524. The van der Waals surface area contributed by atoms with Crippen LogP contribution in [0.5, 0.6) is 11.5 Å². The first-order chi connectivity index (χ1) is 13.4. The van der Waals surface area contributed by atoms with Gasteiger partial charge in [0.25, 0.3) is 0 Å². The molecule has 0 unspecified atom stereocenters. The first-order valence-corrected chi connectivity index (χ1v) is 9.97. The number of hydrogen-bond acceptors (Lipinski definition) is 4. The van der Waals surface area contributed by atoms with Crippen LogP contribution in [0.25, 0.3) is 0 Å². The van der Waals surface area contributed by atoms with Crippen molar-refractivity contribution in [2.45, 2.75) is 52.1 Å². The highest BCUT2D eigenvalue weighted by Gasteiger charge is 2.33. The van der Waals surface area contributed by atoms with Gasteiger partial charge in [0.05, 0.1) is 42.7 Å². The molecule has 1 saturated heterocycles. The van der Waals surface area contributed by atoms with Crippen LogP contribution in [0.3, 0.4) is 0 Å². The summed E-state index contributed by atoms with van der Waals surface area (Å²) in [6.45, 7) is 6.56. The van der Waals surface area contributed by atoms with Crippen molar-refractivity contribution >= 4 is 17.5 Å². The largest absolute Gasteiger partial charge is 0.497 e. The summed E-state index contributed by atoms with van der Waals surface area (Å²) in [5.74, 6) is 1.66. The zero-order valence-electron chi connectivity index (χ0n) is 17.2. The second-order valence-corrected chi connectivity index (χ2v) is 7.71. The van der Waals surface area contributed by atoms with Crippen LogP contribution in [0.2, 0.25) is 5.02 Å². The molecule has 0 spiro atoms. The normalized spacial score (nSPS) is 17.6. The van der Waals surface area contributed by atoms with Gasteiger partial charge in [-0.05, 0) is 51.8 Å². The summed E-state index contributed by atoms with van der Waals surface area (Å²) in [6, 6.07) is 5.67. The van der Waals surface area contributed by atoms with Gasteiger partial charge in [-0.2, -0.15) is 5.10 Å². The summed E-state index contributed by atoms with van der Waals surface area (Å²) in [5.41, 5.74) is 2.68. The van der Waals surface area contributed by atoms with Gasteiger partial charge in [-0.15, -0.1) is 0 Å². The van der Waals surface area contributed by atoms with E-state index in [1.165, 1.54) is 0 Å². The third kappa shape index (κ3) is 3.83. The van der Waals surface area contributed by atoms with Crippen molar-refractivity contribution in [1.29, 1.82) is 0 Å². The summed E-state index contributed by atoms with van der Waals surface area (Å²) < 4.78 is 12.8. The van der Waals surface area contributed by atoms with Crippen LogP contribution in [0.1, 0.15) is 55.2 Å². The second kappa shape index (κ2) is 8.43. The van der Waals surface area contributed by atoms with Crippen molar-refractivity contribution in [2.24, 2.45) is 0 Å². The molecule has 7 heteroatoms. The lowest BCUT2D eigenvalue weighted by Crippen LogP contribution is -2.32. The Labute approximate surface area is 171 Å². The molecule has 1 aliphatic heterocycles. The monoisotopic (exact) mass is 405 g/mol. The number of hydrogen-bond donors (Lipinski definition) is 0. The molecule has 1 aromatic carbocycles. The Kier molecular flexibility index (Phi) is 6.18. The van der Waals surface area contributed by atoms with Gasteiger partial charge >= 0.3 is 0 Å². The predicted molar refractivity (Wildman–Crippen MR) is 109 cm³/mol. The van der Waals surface area contributed by atoms with E-state index >= 15 is 0 Å². The van der Waals surface area contributed by atoms with E-state index in [-0.39, 0.29) is 18.0 Å². The molecule has 1 aliphatic rings. The lowest BCUT2D eigenvalue weighted by Gasteiger charge is -2.28. The molecule has 0 saturated carbocycles. The Morgan fingerprint density at radius 2 is 2.07 bits per heavy atom. The number of aromatic nitrogens is 2. The number of ether oxygens (including phenoxy) is 2. The molecular weight excluding hydrogens is 378 g/mol. The number of rotatable bonds is 6. The Balaban J connectivity index is 1.81. The predicted octanol–water partition coefficient (Wildman–Crippen LogP) is 4.49. The molecule has 6 nitrogen and oxygen atoms in total. The van der Waals surface area contributed by atoms with Crippen molar-refractivity contribution in [3.8, 4) is 11.5 Å². The molecule has 2 aromatic rings. The molecule has 28 heavy (non-hydrogen) atoms. The van der Waals surface area contributed by atoms with Gasteiger partial charge in [-0.3, -0.25) is 9.48 Å². The van der Waals surface area contributed by atoms with Gasteiger partial charge in [-0.1, -0.05) is 11.6 Å². The Bertz CT molecular complexity index is 865. The number of nitrogens with zero attached hydrogens (tertiary/aromatic N) is 3. The van der Waals surface area contributed by atoms with E-state index in [4.69, 9.17) is 21.1 Å². The minimum Gasteiger partial charge on any atom is -0.497 e. The van der Waals surface area contributed by atoms with Crippen LogP contribution in [-0.2, 0) is 4.79 Å². The zero-order valence-corrected chi connectivity index (χ0v) is 17.9. The van der Waals surface area contributed by atoms with Crippen LogP contribution >= 0.6 is 11.6 Å². The third-order valence-corrected chi connectivity index (χ3v) is 6.04. The van der Waals surface area contributed by atoms with Gasteiger partial charge in [0.15, 0.2) is 0 Å². The van der Waals surface area contributed by atoms with Gasteiger partial charge in [0.2, 0.25) is 5.91 Å². The number of halogens is 1. The Morgan fingerprint density at radius 3 is 2.68 bits per heavy atom. The average molecular weight is 406 g/mol. The maximum absolute atomic E-state index is 13.1. The van der Waals surface area contributed by atoms with E-state index in [0.717, 1.165) is 47.8 Å². The van der Waals surface area contributed by atoms with E-state index in [9.17, 15) is 4.79 Å². The van der Waals surface area contributed by atoms with Crippen molar-refractivity contribution in [2.75, 3.05) is 20.8 Å². The number of likely N-dealkylation sites (tertiary alicyclic amines) is 1. The van der Waals surface area contributed by atoms with Crippen molar-refractivity contribution in [3.05, 3.63) is 40.2 Å². The Hall–Kier alpha value is -2.21. The highest BCUT2D eigenvalue weighted by Crippen LogP contribution is 2.39. The number of aryl methyl sites for hydroxylation is 1. The summed E-state index contributed by atoms with van der Waals surface area (Å²) in [5, 5.41) is 5.16. The fourth-order valence-corrected chi connectivity index (χ4v) is 4.14. The minimum atomic E-state index is -0.0628. The van der Waals surface area contributed by atoms with E-state index in [0.29, 0.717) is 11.4 Å². The summed E-state index contributed by atoms with van der Waals surface area (Å²) >= 11 is 6.27. The van der Waals surface area contributed by atoms with Crippen LogP contribution in [0.4, 0.5) is 0 Å². The molecule has 2 atom stereocenters. The Morgan fingerprint density at radius 1 is 1.32 bits per heavy atom. The van der Waals surface area contributed by atoms with Crippen LogP contribution in [-0.4, -0.2) is 41.4 Å². The second-order valence-electron chi connectivity index (χ2n) is 7.34. The first kappa shape index (κ1) is 20.5. The van der Waals surface area contributed by atoms with Crippen molar-refractivity contribution in [3.63, 3.8) is 0 Å². The number of benzene rings is 1. The zero-order chi connectivity index (χ0) is 20.4. The highest BCUT2D eigenvalue weighted by atomic mass is 35.5. The molecule has 1 fully saturated rings. The third-order valence-electron chi connectivity index (χ3n) is 5.49. The number of methoxy groups -OCH3 is 2. The minimum absolute atomic E-state index is 0.00575. The van der Waals surface area contributed by atoms with Crippen LogP contribution in [0, 0.1) is 13.8 Å². The van der Waals surface area contributed by atoms with Gasteiger partial charge < -0.3 is 14.4 Å². The molecule has 1 amide bonds. The van der Waals surface area contributed by atoms with E-state index < -0.39 is 0 Å². The molecule has 152 valence electrons. The van der Waals surface area contributed by atoms with Gasteiger partial charge in [0.1, 0.15) is 11.5 Å². The van der Waals surface area contributed by atoms with E-state index in [1.54, 1.807) is 14.2 Å². The highest BCUT2D eigenvalue weighted by molar-refractivity contribution is 6.31. The number of carbonyl (C=O) groups is 1. The standard InChI is InChI=1S/C21H28ClN3O3/c1-13(25-15(3)21(22)14(2)23-25)11-20(26)24-10-6-7-18(24)17-12-16(27-4)8-9-19(17)28-5/h8-9,12-13,18H,6-7,10-11H2,1-5H3/t13-,18+/m0/s1. The maximum Gasteiger partial charge on any atom is 0.225 e. The first-order valence-electron chi connectivity index (χ1n) is 9.60. The average Bonchev–Trinajstić information content (AvgIpc) is 3.28. The summed E-state index contributed by atoms with van der Waals surface area (Å²) in [4.78, 5) is 15.1. The quantitative estimate of drug-likeness (QED) is 0.710. The molecule has 0 aliphatic carbocycles. The van der Waals surface area contributed by atoms with Crippen molar-refractivity contribution < 1.29 is 14.3 Å². The van der Waals surface area contributed by atoms with Crippen LogP contribution in [0.15, 0.2) is 18.2 Å². The van der Waals surface area contributed by atoms with E-state index in [1.807, 2.05) is 48.6 Å². The SMILES string of the molecule is COc1ccc(OC)c([C@H]2CCCN2C(=O)C[C@H](C)n2nc(C)c(Cl)c2C)c1. The fourth-order valence-electron chi connectivity index (χ4n) is 4.02. The smallest absolute Gasteiger partial charge is 0.225 e. The molecule has 3 rings (SSSR count). The molecule has 1 aromatic heterocycles. The summed E-state index contributed by atoms with van der Waals surface area (Å²) in [6.07, 6.45) is 2.26. The molecule has 0 N–H and O–H groups in total. The lowest BCUT2D eigenvalue weighted by atomic mass is 10.0. The molecule has 0 radical (unpaired) electrons.